The third-order valence-corrected chi connectivity index (χ3v) is 7.04. The fourth-order valence-corrected chi connectivity index (χ4v) is 5.29. The van der Waals surface area contributed by atoms with Gasteiger partial charge in [0.15, 0.2) is 0 Å². The number of carbonyl (C=O) groups is 2. The van der Waals surface area contributed by atoms with Crippen LogP contribution in [0.5, 0.6) is 5.75 Å². The Kier molecular flexibility index (Phi) is 7.73. The zero-order valence-electron chi connectivity index (χ0n) is 19.6. The van der Waals surface area contributed by atoms with Gasteiger partial charge in [-0.1, -0.05) is 36.4 Å². The minimum absolute atomic E-state index is 0.00785. The molecule has 0 bridgehead atoms. The van der Waals surface area contributed by atoms with Crippen molar-refractivity contribution in [1.29, 1.82) is 0 Å². The number of hydrogen-bond acceptors (Lipinski definition) is 6. The van der Waals surface area contributed by atoms with E-state index in [9.17, 15) is 18.0 Å². The number of esters is 1. The van der Waals surface area contributed by atoms with E-state index >= 15 is 0 Å². The number of ketones is 1. The van der Waals surface area contributed by atoms with Crippen LogP contribution in [-0.4, -0.2) is 34.4 Å². The fourth-order valence-electron chi connectivity index (χ4n) is 3.75. The molecule has 0 saturated carbocycles. The van der Waals surface area contributed by atoms with Crippen molar-refractivity contribution in [3.63, 3.8) is 0 Å². The molecular weight excluding hydrogens is 454 g/mol. The molecule has 0 amide bonds. The highest BCUT2D eigenvalue weighted by Crippen LogP contribution is 2.34. The lowest BCUT2D eigenvalue weighted by Crippen LogP contribution is -2.33. The first-order valence-electron chi connectivity index (χ1n) is 10.6. The van der Waals surface area contributed by atoms with Gasteiger partial charge in [0.2, 0.25) is 0 Å². The van der Waals surface area contributed by atoms with E-state index in [2.05, 4.69) is 0 Å². The Morgan fingerprint density at radius 1 is 0.912 bits per heavy atom. The van der Waals surface area contributed by atoms with E-state index in [0.717, 1.165) is 5.56 Å². The maximum absolute atomic E-state index is 13.9. The number of sulfonamides is 1. The van der Waals surface area contributed by atoms with Crippen LogP contribution < -0.4 is 9.04 Å². The molecule has 0 aromatic heterocycles. The Hall–Kier alpha value is -3.65. The van der Waals surface area contributed by atoms with Crippen molar-refractivity contribution in [3.05, 3.63) is 89.0 Å². The lowest BCUT2D eigenvalue weighted by molar-refractivity contribution is -0.116. The van der Waals surface area contributed by atoms with Gasteiger partial charge in [0.1, 0.15) is 11.5 Å². The molecule has 3 aromatic carbocycles. The van der Waals surface area contributed by atoms with Crippen LogP contribution in [0.4, 0.5) is 5.69 Å². The van der Waals surface area contributed by atoms with Crippen molar-refractivity contribution in [2.45, 2.75) is 31.7 Å². The van der Waals surface area contributed by atoms with Crippen molar-refractivity contribution < 1.29 is 27.5 Å². The van der Waals surface area contributed by atoms with Crippen LogP contribution in [0.15, 0.2) is 71.6 Å². The largest absolute Gasteiger partial charge is 0.497 e. The van der Waals surface area contributed by atoms with E-state index in [-0.39, 0.29) is 34.9 Å². The maximum Gasteiger partial charge on any atom is 0.340 e. The second-order valence-electron chi connectivity index (χ2n) is 7.85. The predicted octanol–water partition coefficient (Wildman–Crippen LogP) is 4.32. The molecule has 0 spiro atoms. The first-order valence-corrected chi connectivity index (χ1v) is 12.0. The molecule has 0 unspecified atom stereocenters. The standard InChI is InChI=1S/C26H27NO6S/c1-18-14-21(15-19(2)28)16-24(26(29)33-4)25(18)27(17-20-8-6-5-7-9-20)34(30,31)23-12-10-22(32-3)11-13-23/h5-14,16H,15,17H2,1-4H3. The minimum Gasteiger partial charge on any atom is -0.497 e. The lowest BCUT2D eigenvalue weighted by Gasteiger charge is -2.28. The smallest absolute Gasteiger partial charge is 0.340 e. The molecule has 3 aromatic rings. The Bertz CT molecular complexity index is 1280. The molecule has 0 atom stereocenters. The van der Waals surface area contributed by atoms with Crippen molar-refractivity contribution in [2.24, 2.45) is 0 Å². The summed E-state index contributed by atoms with van der Waals surface area (Å²) in [4.78, 5) is 24.5. The van der Waals surface area contributed by atoms with Gasteiger partial charge in [-0.3, -0.25) is 9.10 Å². The second kappa shape index (κ2) is 10.5. The molecule has 0 saturated heterocycles. The van der Waals surface area contributed by atoms with Crippen LogP contribution in [0.2, 0.25) is 0 Å². The summed E-state index contributed by atoms with van der Waals surface area (Å²) in [5, 5.41) is 0. The zero-order valence-corrected chi connectivity index (χ0v) is 20.4. The van der Waals surface area contributed by atoms with Crippen LogP contribution in [-0.2, 0) is 32.5 Å². The monoisotopic (exact) mass is 481 g/mol. The number of benzene rings is 3. The summed E-state index contributed by atoms with van der Waals surface area (Å²) in [6, 6.07) is 18.4. The van der Waals surface area contributed by atoms with Crippen molar-refractivity contribution in [1.82, 2.24) is 0 Å². The third kappa shape index (κ3) is 5.46. The summed E-state index contributed by atoms with van der Waals surface area (Å²) >= 11 is 0. The highest BCUT2D eigenvalue weighted by Gasteiger charge is 2.31. The topological polar surface area (TPSA) is 90.0 Å². The summed E-state index contributed by atoms with van der Waals surface area (Å²) in [6.45, 7) is 3.16. The van der Waals surface area contributed by atoms with Crippen LogP contribution in [0.25, 0.3) is 0 Å². The van der Waals surface area contributed by atoms with E-state index < -0.39 is 16.0 Å². The number of anilines is 1. The van der Waals surface area contributed by atoms with Crippen molar-refractivity contribution in [3.8, 4) is 5.75 Å². The normalized spacial score (nSPS) is 11.1. The maximum atomic E-state index is 13.9. The van der Waals surface area contributed by atoms with Gasteiger partial charge in [-0.2, -0.15) is 0 Å². The molecule has 8 heteroatoms. The number of aryl methyl sites for hydroxylation is 1. The lowest BCUT2D eigenvalue weighted by atomic mass is 10.00. The molecular formula is C26H27NO6S. The average molecular weight is 482 g/mol. The summed E-state index contributed by atoms with van der Waals surface area (Å²) in [7, 11) is -1.36. The molecule has 7 nitrogen and oxygen atoms in total. The number of nitrogens with zero attached hydrogens (tertiary/aromatic N) is 1. The highest BCUT2D eigenvalue weighted by atomic mass is 32.2. The van der Waals surface area contributed by atoms with Crippen LogP contribution in [0.1, 0.15) is 34.0 Å². The minimum atomic E-state index is -4.10. The molecule has 0 aliphatic heterocycles. The van der Waals surface area contributed by atoms with Gasteiger partial charge in [-0.25, -0.2) is 13.2 Å². The van der Waals surface area contributed by atoms with E-state index in [1.807, 2.05) is 30.3 Å². The quantitative estimate of drug-likeness (QED) is 0.423. The van der Waals surface area contributed by atoms with Gasteiger partial charge in [-0.15, -0.1) is 0 Å². The Balaban J connectivity index is 2.25. The highest BCUT2D eigenvalue weighted by molar-refractivity contribution is 7.92. The van der Waals surface area contributed by atoms with Gasteiger partial charge >= 0.3 is 5.97 Å². The van der Waals surface area contributed by atoms with E-state index in [0.29, 0.717) is 16.9 Å². The third-order valence-electron chi connectivity index (χ3n) is 5.28. The van der Waals surface area contributed by atoms with E-state index in [1.54, 1.807) is 25.1 Å². The first-order chi connectivity index (χ1) is 16.2. The fraction of sp³-hybridized carbons (Fsp3) is 0.231. The Labute approximate surface area is 200 Å². The Morgan fingerprint density at radius 2 is 1.56 bits per heavy atom. The summed E-state index contributed by atoms with van der Waals surface area (Å²) in [5.41, 5.74) is 2.16. The number of Topliss-reactive ketones (excluding diaryl/α,β-unsaturated/α-hetero) is 1. The molecule has 34 heavy (non-hydrogen) atoms. The number of hydrogen-bond donors (Lipinski definition) is 0. The molecule has 0 aliphatic carbocycles. The number of ether oxygens (including phenoxy) is 2. The predicted molar refractivity (Wildman–Crippen MR) is 130 cm³/mol. The van der Waals surface area contributed by atoms with E-state index in [4.69, 9.17) is 9.47 Å². The van der Waals surface area contributed by atoms with Crippen LogP contribution in [0.3, 0.4) is 0 Å². The molecule has 0 aliphatic rings. The van der Waals surface area contributed by atoms with Crippen LogP contribution >= 0.6 is 0 Å². The van der Waals surface area contributed by atoms with Gasteiger partial charge in [-0.05, 0) is 60.9 Å². The van der Waals surface area contributed by atoms with Gasteiger partial charge in [0.25, 0.3) is 10.0 Å². The number of carbonyl (C=O) groups excluding carboxylic acids is 2. The second-order valence-corrected chi connectivity index (χ2v) is 9.71. The first kappa shape index (κ1) is 25.0. The molecule has 0 fully saturated rings. The van der Waals surface area contributed by atoms with Crippen molar-refractivity contribution >= 4 is 27.5 Å². The van der Waals surface area contributed by atoms with Gasteiger partial charge < -0.3 is 9.47 Å². The van der Waals surface area contributed by atoms with Gasteiger partial charge in [0, 0.05) is 6.42 Å². The number of rotatable bonds is 9. The molecule has 0 radical (unpaired) electrons. The zero-order chi connectivity index (χ0) is 24.9. The summed E-state index contributed by atoms with van der Waals surface area (Å²) in [5.74, 6) is -0.241. The summed E-state index contributed by atoms with van der Waals surface area (Å²) in [6.07, 6.45) is 0.120. The summed E-state index contributed by atoms with van der Waals surface area (Å²) < 4.78 is 39.1. The molecule has 0 heterocycles. The van der Waals surface area contributed by atoms with E-state index in [1.165, 1.54) is 43.6 Å². The number of methoxy groups -OCH3 is 2. The SMILES string of the molecule is COC(=O)c1cc(CC(C)=O)cc(C)c1N(Cc1ccccc1)S(=O)(=O)c1ccc(OC)cc1. The molecule has 178 valence electrons. The average Bonchev–Trinajstić information content (AvgIpc) is 2.82. The van der Waals surface area contributed by atoms with Crippen LogP contribution in [0, 0.1) is 6.92 Å². The molecule has 3 rings (SSSR count). The van der Waals surface area contributed by atoms with Crippen molar-refractivity contribution in [2.75, 3.05) is 18.5 Å². The Morgan fingerprint density at radius 3 is 2.12 bits per heavy atom. The van der Waals surface area contributed by atoms with Gasteiger partial charge in [0.05, 0.1) is 36.9 Å². The molecule has 0 N–H and O–H groups in total.